The quantitative estimate of drug-likeness (QED) is 0.788. The highest BCUT2D eigenvalue weighted by Gasteiger charge is 2.08. The molecular formula is C9H16N2O2S. The third-order valence-electron chi connectivity index (χ3n) is 2.21. The van der Waals surface area contributed by atoms with Crippen LogP contribution in [0, 0.1) is 0 Å². The van der Waals surface area contributed by atoms with Gasteiger partial charge < -0.3 is 9.67 Å². The zero-order valence-corrected chi connectivity index (χ0v) is 9.33. The number of aliphatic hydroxyl groups excluding tert-OH is 1. The third-order valence-corrected chi connectivity index (χ3v) is 3.02. The first-order chi connectivity index (χ1) is 6.65. The zero-order chi connectivity index (χ0) is 10.6. The van der Waals surface area contributed by atoms with E-state index < -0.39 is 10.8 Å². The molecule has 0 aromatic carbocycles. The fourth-order valence-electron chi connectivity index (χ4n) is 1.33. The highest BCUT2D eigenvalue weighted by molar-refractivity contribution is 7.84. The lowest BCUT2D eigenvalue weighted by Gasteiger charge is -2.14. The molecule has 0 amide bonds. The number of hydrogen-bond donors (Lipinski definition) is 1. The summed E-state index contributed by atoms with van der Waals surface area (Å²) in [5.41, 5.74) is 0.805. The van der Waals surface area contributed by atoms with E-state index in [-0.39, 0.29) is 12.6 Å². The molecule has 0 aliphatic carbocycles. The summed E-state index contributed by atoms with van der Waals surface area (Å²) in [4.78, 5) is 3.97. The molecule has 2 unspecified atom stereocenters. The van der Waals surface area contributed by atoms with Gasteiger partial charge in [-0.15, -0.1) is 0 Å². The summed E-state index contributed by atoms with van der Waals surface area (Å²) in [5, 5.41) is 9.01. The lowest BCUT2D eigenvalue weighted by molar-refractivity contribution is 0.266. The summed E-state index contributed by atoms with van der Waals surface area (Å²) in [6.07, 6.45) is 5.90. The van der Waals surface area contributed by atoms with Crippen LogP contribution in [0.2, 0.25) is 0 Å². The molecule has 2 atom stereocenters. The summed E-state index contributed by atoms with van der Waals surface area (Å²) in [5.74, 6) is 0.685. The Hall–Kier alpha value is -0.680. The van der Waals surface area contributed by atoms with Crippen LogP contribution in [0.5, 0.6) is 0 Å². The predicted octanol–water partition coefficient (Wildman–Crippen LogP) is 0.705. The minimum atomic E-state index is -0.753. The molecule has 0 aliphatic heterocycles. The van der Waals surface area contributed by atoms with Crippen molar-refractivity contribution < 1.29 is 9.32 Å². The predicted molar refractivity (Wildman–Crippen MR) is 56.4 cm³/mol. The minimum absolute atomic E-state index is 0.000442. The number of aromatic nitrogens is 2. The second kappa shape index (κ2) is 5.26. The second-order valence-corrected chi connectivity index (χ2v) is 4.92. The van der Waals surface area contributed by atoms with Gasteiger partial charge in [0, 0.05) is 28.9 Å². The number of imidazole rings is 1. The molecule has 14 heavy (non-hydrogen) atoms. The second-order valence-electron chi connectivity index (χ2n) is 3.37. The van der Waals surface area contributed by atoms with Crippen LogP contribution in [0.1, 0.15) is 25.1 Å². The SMILES string of the molecule is CC(CCS(C)=O)n1cncc1CO. The van der Waals surface area contributed by atoms with Gasteiger partial charge in [0.25, 0.3) is 0 Å². The fourth-order valence-corrected chi connectivity index (χ4v) is 2.00. The topological polar surface area (TPSA) is 55.1 Å². The summed E-state index contributed by atoms with van der Waals surface area (Å²) in [6.45, 7) is 2.03. The van der Waals surface area contributed by atoms with E-state index >= 15 is 0 Å². The first kappa shape index (κ1) is 11.4. The molecule has 1 N–H and O–H groups in total. The van der Waals surface area contributed by atoms with Gasteiger partial charge in [-0.05, 0) is 13.3 Å². The Morgan fingerprint density at radius 1 is 1.71 bits per heavy atom. The molecule has 0 radical (unpaired) electrons. The van der Waals surface area contributed by atoms with Crippen LogP contribution >= 0.6 is 0 Å². The normalized spacial score (nSPS) is 15.4. The average molecular weight is 216 g/mol. The van der Waals surface area contributed by atoms with Crippen LogP contribution in [-0.2, 0) is 17.4 Å². The van der Waals surface area contributed by atoms with Gasteiger partial charge in [0.2, 0.25) is 0 Å². The van der Waals surface area contributed by atoms with Gasteiger partial charge in [0.05, 0.1) is 24.8 Å². The Morgan fingerprint density at radius 3 is 3.00 bits per heavy atom. The first-order valence-electron chi connectivity index (χ1n) is 4.56. The van der Waals surface area contributed by atoms with Crippen molar-refractivity contribution >= 4 is 10.8 Å². The Labute approximate surface area is 86.4 Å². The van der Waals surface area contributed by atoms with Gasteiger partial charge in [-0.1, -0.05) is 0 Å². The zero-order valence-electron chi connectivity index (χ0n) is 8.51. The van der Waals surface area contributed by atoms with E-state index in [4.69, 9.17) is 5.11 Å². The maximum atomic E-state index is 10.9. The molecule has 1 heterocycles. The maximum absolute atomic E-state index is 10.9. The molecule has 0 aliphatic rings. The van der Waals surface area contributed by atoms with E-state index in [1.54, 1.807) is 18.8 Å². The van der Waals surface area contributed by atoms with Crippen LogP contribution in [-0.4, -0.2) is 30.9 Å². The molecule has 0 fully saturated rings. The molecule has 0 spiro atoms. The molecule has 1 rings (SSSR count). The van der Waals surface area contributed by atoms with Crippen LogP contribution in [0.4, 0.5) is 0 Å². The number of hydrogen-bond acceptors (Lipinski definition) is 3. The van der Waals surface area contributed by atoms with Crippen molar-refractivity contribution in [2.45, 2.75) is 26.0 Å². The fraction of sp³-hybridized carbons (Fsp3) is 0.667. The molecular weight excluding hydrogens is 200 g/mol. The molecule has 1 aromatic rings. The Balaban J connectivity index is 2.59. The van der Waals surface area contributed by atoms with E-state index in [9.17, 15) is 4.21 Å². The Bertz CT molecular complexity index is 312. The Morgan fingerprint density at radius 2 is 2.43 bits per heavy atom. The first-order valence-corrected chi connectivity index (χ1v) is 6.29. The van der Waals surface area contributed by atoms with Gasteiger partial charge in [0.1, 0.15) is 0 Å². The van der Waals surface area contributed by atoms with E-state index in [0.717, 1.165) is 12.1 Å². The minimum Gasteiger partial charge on any atom is -0.390 e. The van der Waals surface area contributed by atoms with Crippen LogP contribution in [0.25, 0.3) is 0 Å². The van der Waals surface area contributed by atoms with Crippen molar-refractivity contribution in [1.29, 1.82) is 0 Å². The molecule has 0 saturated carbocycles. The molecule has 5 heteroatoms. The number of nitrogens with zero attached hydrogens (tertiary/aromatic N) is 2. The number of rotatable bonds is 5. The Kier molecular flexibility index (Phi) is 4.28. The van der Waals surface area contributed by atoms with E-state index in [0.29, 0.717) is 5.75 Å². The van der Waals surface area contributed by atoms with Crippen molar-refractivity contribution in [3.8, 4) is 0 Å². The molecule has 1 aromatic heterocycles. The largest absolute Gasteiger partial charge is 0.390 e. The smallest absolute Gasteiger partial charge is 0.0951 e. The van der Waals surface area contributed by atoms with Crippen molar-refractivity contribution in [2.24, 2.45) is 0 Å². The van der Waals surface area contributed by atoms with Gasteiger partial charge in [-0.25, -0.2) is 4.98 Å². The van der Waals surface area contributed by atoms with Gasteiger partial charge in [-0.2, -0.15) is 0 Å². The third kappa shape index (κ3) is 2.92. The van der Waals surface area contributed by atoms with E-state index in [2.05, 4.69) is 4.98 Å². The summed E-state index contributed by atoms with van der Waals surface area (Å²) < 4.78 is 12.8. The van der Waals surface area contributed by atoms with Crippen molar-refractivity contribution in [2.75, 3.05) is 12.0 Å². The lowest BCUT2D eigenvalue weighted by Crippen LogP contribution is -2.10. The van der Waals surface area contributed by atoms with Gasteiger partial charge in [0.15, 0.2) is 0 Å². The highest BCUT2D eigenvalue weighted by Crippen LogP contribution is 2.13. The summed E-state index contributed by atoms with van der Waals surface area (Å²) in [7, 11) is -0.753. The van der Waals surface area contributed by atoms with Crippen molar-refractivity contribution in [3.63, 3.8) is 0 Å². The monoisotopic (exact) mass is 216 g/mol. The molecule has 80 valence electrons. The van der Waals surface area contributed by atoms with Crippen LogP contribution in [0.3, 0.4) is 0 Å². The average Bonchev–Trinajstić information content (AvgIpc) is 2.61. The molecule has 0 saturated heterocycles. The van der Waals surface area contributed by atoms with Crippen LogP contribution in [0.15, 0.2) is 12.5 Å². The maximum Gasteiger partial charge on any atom is 0.0951 e. The van der Waals surface area contributed by atoms with Crippen molar-refractivity contribution in [1.82, 2.24) is 9.55 Å². The van der Waals surface area contributed by atoms with Gasteiger partial charge >= 0.3 is 0 Å². The number of aliphatic hydroxyl groups is 1. The lowest BCUT2D eigenvalue weighted by atomic mass is 10.2. The van der Waals surface area contributed by atoms with E-state index in [1.165, 1.54) is 0 Å². The molecule has 4 nitrogen and oxygen atoms in total. The van der Waals surface area contributed by atoms with E-state index in [1.807, 2.05) is 11.5 Å². The van der Waals surface area contributed by atoms with Crippen LogP contribution < -0.4 is 0 Å². The standard InChI is InChI=1S/C9H16N2O2S/c1-8(3-4-14(2)13)11-7-10-5-9(11)6-12/h5,7-8,12H,3-4,6H2,1-2H3. The highest BCUT2D eigenvalue weighted by atomic mass is 32.2. The van der Waals surface area contributed by atoms with Gasteiger partial charge in [-0.3, -0.25) is 4.21 Å². The van der Waals surface area contributed by atoms with Crippen molar-refractivity contribution in [3.05, 3.63) is 18.2 Å². The summed E-state index contributed by atoms with van der Waals surface area (Å²) >= 11 is 0. The molecule has 0 bridgehead atoms. The summed E-state index contributed by atoms with van der Waals surface area (Å²) in [6, 6.07) is 0.239.